The van der Waals surface area contributed by atoms with E-state index in [2.05, 4.69) is 52.6 Å². The van der Waals surface area contributed by atoms with Gasteiger partial charge in [-0.2, -0.15) is 0 Å². The summed E-state index contributed by atoms with van der Waals surface area (Å²) in [5, 5.41) is 1.03. The Morgan fingerprint density at radius 3 is 2.52 bits per heavy atom. The average molecular weight is 323 g/mol. The van der Waals surface area contributed by atoms with Gasteiger partial charge in [-0.05, 0) is 29.2 Å². The van der Waals surface area contributed by atoms with Gasteiger partial charge in [0, 0.05) is 24.3 Å². The fraction of sp³-hybridized carbons (Fsp3) is 0.263. The Kier molecular flexibility index (Phi) is 5.13. The summed E-state index contributed by atoms with van der Waals surface area (Å²) in [6.07, 6.45) is 5.70. The molecule has 0 saturated heterocycles. The molecule has 0 amide bonds. The standard InChI is InChI=1S/C19H21N3S/c1-15(2)17-8-6-16(7-9-17)14-23-19-21-11-12-22(19)13-18-5-3-4-10-20-18/h3-12,15H,13-14H2,1-2H3. The zero-order chi connectivity index (χ0) is 16.1. The van der Waals surface area contributed by atoms with Crippen LogP contribution in [0.1, 0.15) is 36.6 Å². The normalized spacial score (nSPS) is 11.1. The molecule has 0 fully saturated rings. The number of imidazole rings is 1. The van der Waals surface area contributed by atoms with Crippen LogP contribution in [0.3, 0.4) is 0 Å². The lowest BCUT2D eigenvalue weighted by Crippen LogP contribution is -2.02. The molecule has 118 valence electrons. The van der Waals surface area contributed by atoms with E-state index in [-0.39, 0.29) is 0 Å². The average Bonchev–Trinajstić information content (AvgIpc) is 3.01. The molecular formula is C19H21N3S. The van der Waals surface area contributed by atoms with E-state index in [0.29, 0.717) is 5.92 Å². The van der Waals surface area contributed by atoms with Gasteiger partial charge in [-0.15, -0.1) is 0 Å². The molecule has 0 radical (unpaired) electrons. The first-order valence-corrected chi connectivity index (χ1v) is 8.83. The monoisotopic (exact) mass is 323 g/mol. The van der Waals surface area contributed by atoms with Crippen LogP contribution in [0.15, 0.2) is 66.2 Å². The fourth-order valence-corrected chi connectivity index (χ4v) is 3.28. The van der Waals surface area contributed by atoms with Crippen molar-refractivity contribution in [3.05, 3.63) is 77.9 Å². The zero-order valence-corrected chi connectivity index (χ0v) is 14.3. The van der Waals surface area contributed by atoms with Crippen LogP contribution in [0.5, 0.6) is 0 Å². The maximum Gasteiger partial charge on any atom is 0.168 e. The van der Waals surface area contributed by atoms with E-state index in [9.17, 15) is 0 Å². The minimum absolute atomic E-state index is 0.578. The first-order chi connectivity index (χ1) is 11.2. The molecular weight excluding hydrogens is 302 g/mol. The smallest absolute Gasteiger partial charge is 0.168 e. The van der Waals surface area contributed by atoms with Crippen molar-refractivity contribution in [3.8, 4) is 0 Å². The molecule has 3 rings (SSSR count). The highest BCUT2D eigenvalue weighted by Crippen LogP contribution is 2.23. The Labute approximate surface area is 141 Å². The van der Waals surface area contributed by atoms with Gasteiger partial charge in [0.15, 0.2) is 5.16 Å². The summed E-state index contributed by atoms with van der Waals surface area (Å²) in [6, 6.07) is 14.9. The van der Waals surface area contributed by atoms with Crippen molar-refractivity contribution in [2.45, 2.75) is 37.2 Å². The van der Waals surface area contributed by atoms with E-state index in [1.54, 1.807) is 11.8 Å². The third-order valence-electron chi connectivity index (χ3n) is 3.75. The Bertz CT molecular complexity index is 733. The number of nitrogens with zero attached hydrogens (tertiary/aromatic N) is 3. The molecule has 3 nitrogen and oxygen atoms in total. The first-order valence-electron chi connectivity index (χ1n) is 7.85. The molecule has 0 aliphatic rings. The lowest BCUT2D eigenvalue weighted by molar-refractivity contribution is 0.693. The second-order valence-electron chi connectivity index (χ2n) is 5.84. The van der Waals surface area contributed by atoms with Gasteiger partial charge in [-0.3, -0.25) is 4.98 Å². The molecule has 0 saturated carbocycles. The van der Waals surface area contributed by atoms with Crippen LogP contribution < -0.4 is 0 Å². The Morgan fingerprint density at radius 2 is 1.83 bits per heavy atom. The first kappa shape index (κ1) is 15.8. The van der Waals surface area contributed by atoms with E-state index in [1.807, 2.05) is 36.8 Å². The number of benzene rings is 1. The van der Waals surface area contributed by atoms with Gasteiger partial charge < -0.3 is 4.57 Å². The largest absolute Gasteiger partial charge is 0.320 e. The molecule has 2 aromatic heterocycles. The van der Waals surface area contributed by atoms with Gasteiger partial charge in [-0.1, -0.05) is 55.9 Å². The minimum atomic E-state index is 0.578. The van der Waals surface area contributed by atoms with Gasteiger partial charge in [0.1, 0.15) is 0 Å². The van der Waals surface area contributed by atoms with Gasteiger partial charge >= 0.3 is 0 Å². The van der Waals surface area contributed by atoms with Gasteiger partial charge in [0.2, 0.25) is 0 Å². The highest BCUT2D eigenvalue weighted by atomic mass is 32.2. The second-order valence-corrected chi connectivity index (χ2v) is 6.79. The van der Waals surface area contributed by atoms with Crippen molar-refractivity contribution in [3.63, 3.8) is 0 Å². The highest BCUT2D eigenvalue weighted by molar-refractivity contribution is 7.98. The Hall–Kier alpha value is -2.07. The summed E-state index contributed by atoms with van der Waals surface area (Å²) < 4.78 is 2.15. The summed E-state index contributed by atoms with van der Waals surface area (Å²) in [7, 11) is 0. The van der Waals surface area contributed by atoms with Crippen LogP contribution in [0.2, 0.25) is 0 Å². The van der Waals surface area contributed by atoms with Crippen LogP contribution in [-0.4, -0.2) is 14.5 Å². The molecule has 0 aliphatic heterocycles. The van der Waals surface area contributed by atoms with Crippen LogP contribution in [-0.2, 0) is 12.3 Å². The molecule has 0 spiro atoms. The molecule has 0 aliphatic carbocycles. The fourth-order valence-electron chi connectivity index (χ4n) is 2.37. The maximum atomic E-state index is 4.47. The van der Waals surface area contributed by atoms with E-state index in [0.717, 1.165) is 23.1 Å². The van der Waals surface area contributed by atoms with Crippen molar-refractivity contribution in [2.75, 3.05) is 0 Å². The van der Waals surface area contributed by atoms with Crippen molar-refractivity contribution in [1.82, 2.24) is 14.5 Å². The van der Waals surface area contributed by atoms with E-state index in [1.165, 1.54) is 11.1 Å². The maximum absolute atomic E-state index is 4.47. The van der Waals surface area contributed by atoms with Gasteiger partial charge in [0.25, 0.3) is 0 Å². The molecule has 0 atom stereocenters. The van der Waals surface area contributed by atoms with Crippen molar-refractivity contribution in [1.29, 1.82) is 0 Å². The molecule has 3 aromatic rings. The summed E-state index contributed by atoms with van der Waals surface area (Å²) in [5.41, 5.74) is 3.76. The molecule has 2 heterocycles. The van der Waals surface area contributed by atoms with Crippen molar-refractivity contribution < 1.29 is 0 Å². The number of pyridine rings is 1. The highest BCUT2D eigenvalue weighted by Gasteiger charge is 2.06. The number of hydrogen-bond donors (Lipinski definition) is 0. The minimum Gasteiger partial charge on any atom is -0.320 e. The quantitative estimate of drug-likeness (QED) is 0.614. The predicted octanol–water partition coefficient (Wildman–Crippen LogP) is 4.74. The summed E-state index contributed by atoms with van der Waals surface area (Å²) >= 11 is 1.76. The zero-order valence-electron chi connectivity index (χ0n) is 13.5. The van der Waals surface area contributed by atoms with Gasteiger partial charge in [0.05, 0.1) is 12.2 Å². The number of thioether (sulfide) groups is 1. The SMILES string of the molecule is CC(C)c1ccc(CSc2nccn2Cc2ccccn2)cc1. The topological polar surface area (TPSA) is 30.7 Å². The molecule has 0 N–H and O–H groups in total. The van der Waals surface area contributed by atoms with E-state index in [4.69, 9.17) is 0 Å². The number of hydrogen-bond acceptors (Lipinski definition) is 3. The Balaban J connectivity index is 1.64. The molecule has 0 bridgehead atoms. The van der Waals surface area contributed by atoms with Crippen LogP contribution in [0.4, 0.5) is 0 Å². The summed E-state index contributed by atoms with van der Waals surface area (Å²) in [5.74, 6) is 1.51. The van der Waals surface area contributed by atoms with Crippen LogP contribution in [0, 0.1) is 0 Å². The third kappa shape index (κ3) is 4.23. The molecule has 1 aromatic carbocycles. The Morgan fingerprint density at radius 1 is 1.00 bits per heavy atom. The molecule has 4 heteroatoms. The van der Waals surface area contributed by atoms with E-state index >= 15 is 0 Å². The van der Waals surface area contributed by atoms with Crippen LogP contribution >= 0.6 is 11.8 Å². The molecule has 0 unspecified atom stereocenters. The van der Waals surface area contributed by atoms with Crippen molar-refractivity contribution >= 4 is 11.8 Å². The predicted molar refractivity (Wildman–Crippen MR) is 95.7 cm³/mol. The van der Waals surface area contributed by atoms with Gasteiger partial charge in [-0.25, -0.2) is 4.98 Å². The van der Waals surface area contributed by atoms with Crippen molar-refractivity contribution in [2.24, 2.45) is 0 Å². The number of aromatic nitrogens is 3. The van der Waals surface area contributed by atoms with E-state index < -0.39 is 0 Å². The number of rotatable bonds is 6. The third-order valence-corrected chi connectivity index (χ3v) is 4.83. The molecule has 23 heavy (non-hydrogen) atoms. The lowest BCUT2D eigenvalue weighted by Gasteiger charge is -2.08. The summed E-state index contributed by atoms with van der Waals surface area (Å²) in [6.45, 7) is 5.20. The summed E-state index contributed by atoms with van der Waals surface area (Å²) in [4.78, 5) is 8.85. The second kappa shape index (κ2) is 7.47. The van der Waals surface area contributed by atoms with Crippen LogP contribution in [0.25, 0.3) is 0 Å². The lowest BCUT2D eigenvalue weighted by atomic mass is 10.0.